The fraction of sp³-hybridized carbons (Fsp3) is 0.297. The van der Waals surface area contributed by atoms with E-state index >= 15 is 0 Å². The molecule has 2 atom stereocenters. The molecule has 10 heteroatoms. The Morgan fingerprint density at radius 2 is 1.57 bits per heavy atom. The Hall–Kier alpha value is -4.34. The van der Waals surface area contributed by atoms with Crippen LogP contribution in [-0.2, 0) is 32.6 Å². The number of sulfonamides is 1. The first kappa shape index (κ1) is 35.5. The molecule has 0 saturated heterocycles. The number of carbonyl (C=O) groups excluding carboxylic acids is 2. The molecule has 0 fully saturated rings. The number of nitrogens with zero attached hydrogens (tertiary/aromatic N) is 2. The second-order valence-electron chi connectivity index (χ2n) is 11.7. The Labute approximate surface area is 283 Å². The molecule has 0 unspecified atom stereocenters. The van der Waals surface area contributed by atoms with Crippen LogP contribution in [-0.4, -0.2) is 50.9 Å². The standard InChI is InChI=1S/C37H42ClN3O5S/c1-6-28(4)39-37(43)35(23-29-11-8-7-9-12-29)40(24-30-13-10-14-32(22-30)46-5)36(42)25-41(34-20-17-31(38)21-27(34)3)47(44,45)33-18-15-26(2)16-19-33/h7-22,28,35H,6,23-25H2,1-5H3,(H,39,43)/t28-,35-/m0/s1. The summed E-state index contributed by atoms with van der Waals surface area (Å²) in [7, 11) is -2.67. The summed E-state index contributed by atoms with van der Waals surface area (Å²) in [5.41, 5.74) is 3.37. The minimum atomic E-state index is -4.22. The SMILES string of the molecule is CC[C@H](C)NC(=O)[C@H](Cc1ccccc1)N(Cc1cccc(OC)c1)C(=O)CN(c1ccc(Cl)cc1C)S(=O)(=O)c1ccc(C)cc1. The number of carbonyl (C=O) groups is 2. The maximum absolute atomic E-state index is 14.7. The van der Waals surface area contributed by atoms with Gasteiger partial charge in [0.1, 0.15) is 18.3 Å². The van der Waals surface area contributed by atoms with Gasteiger partial charge in [-0.2, -0.15) is 0 Å². The van der Waals surface area contributed by atoms with E-state index in [4.69, 9.17) is 16.3 Å². The molecule has 47 heavy (non-hydrogen) atoms. The molecule has 0 aliphatic rings. The van der Waals surface area contributed by atoms with E-state index in [9.17, 15) is 18.0 Å². The number of halogens is 1. The van der Waals surface area contributed by atoms with E-state index in [1.807, 2.05) is 63.2 Å². The highest BCUT2D eigenvalue weighted by Crippen LogP contribution is 2.30. The van der Waals surface area contributed by atoms with E-state index in [2.05, 4.69) is 5.32 Å². The van der Waals surface area contributed by atoms with E-state index in [1.165, 1.54) is 17.0 Å². The fourth-order valence-electron chi connectivity index (χ4n) is 5.21. The molecule has 4 rings (SSSR count). The largest absolute Gasteiger partial charge is 0.497 e. The van der Waals surface area contributed by atoms with Crippen LogP contribution in [0.1, 0.15) is 42.5 Å². The molecule has 0 saturated carbocycles. The summed E-state index contributed by atoms with van der Waals surface area (Å²) in [5.74, 6) is -0.271. The maximum atomic E-state index is 14.7. The summed E-state index contributed by atoms with van der Waals surface area (Å²) in [6.45, 7) is 6.98. The quantitative estimate of drug-likeness (QED) is 0.160. The van der Waals surface area contributed by atoms with Crippen molar-refractivity contribution in [3.8, 4) is 5.75 Å². The minimum Gasteiger partial charge on any atom is -0.497 e. The van der Waals surface area contributed by atoms with Crippen LogP contribution in [0.4, 0.5) is 5.69 Å². The molecule has 0 radical (unpaired) electrons. The lowest BCUT2D eigenvalue weighted by molar-refractivity contribution is -0.140. The van der Waals surface area contributed by atoms with Gasteiger partial charge in [0.05, 0.1) is 17.7 Å². The van der Waals surface area contributed by atoms with E-state index in [0.29, 0.717) is 28.4 Å². The van der Waals surface area contributed by atoms with Gasteiger partial charge in [0.2, 0.25) is 11.8 Å². The van der Waals surface area contributed by atoms with Crippen molar-refractivity contribution in [1.82, 2.24) is 10.2 Å². The topological polar surface area (TPSA) is 96.0 Å². The molecule has 8 nitrogen and oxygen atoms in total. The molecule has 0 heterocycles. The van der Waals surface area contributed by atoms with Crippen molar-refractivity contribution in [3.63, 3.8) is 0 Å². The van der Waals surface area contributed by atoms with Crippen molar-refractivity contribution in [2.24, 2.45) is 0 Å². The predicted molar refractivity (Wildman–Crippen MR) is 187 cm³/mol. The average molecular weight is 676 g/mol. The highest BCUT2D eigenvalue weighted by molar-refractivity contribution is 7.92. The van der Waals surface area contributed by atoms with Gasteiger partial charge in [-0.25, -0.2) is 8.42 Å². The van der Waals surface area contributed by atoms with Crippen LogP contribution in [0.2, 0.25) is 5.02 Å². The van der Waals surface area contributed by atoms with E-state index in [0.717, 1.165) is 21.0 Å². The molecule has 0 spiro atoms. The lowest BCUT2D eigenvalue weighted by Gasteiger charge is -2.34. The first-order chi connectivity index (χ1) is 22.4. The molecule has 1 N–H and O–H groups in total. The number of benzene rings is 4. The molecule has 0 aromatic heterocycles. The zero-order valence-corrected chi connectivity index (χ0v) is 29.0. The molecule has 0 bridgehead atoms. The molecular formula is C37H42ClN3O5S. The van der Waals surface area contributed by atoms with Gasteiger partial charge in [0, 0.05) is 24.0 Å². The second kappa shape index (κ2) is 16.0. The van der Waals surface area contributed by atoms with Gasteiger partial charge in [-0.1, -0.05) is 78.7 Å². The van der Waals surface area contributed by atoms with Crippen LogP contribution in [0.3, 0.4) is 0 Å². The van der Waals surface area contributed by atoms with Crippen LogP contribution < -0.4 is 14.4 Å². The van der Waals surface area contributed by atoms with Crippen LogP contribution in [0.5, 0.6) is 5.75 Å². The van der Waals surface area contributed by atoms with Crippen molar-refractivity contribution < 1.29 is 22.7 Å². The molecule has 0 aliphatic heterocycles. The van der Waals surface area contributed by atoms with Crippen molar-refractivity contribution >= 4 is 39.1 Å². The smallest absolute Gasteiger partial charge is 0.264 e. The molecule has 4 aromatic rings. The maximum Gasteiger partial charge on any atom is 0.264 e. The van der Waals surface area contributed by atoms with E-state index < -0.39 is 28.5 Å². The van der Waals surface area contributed by atoms with E-state index in [1.54, 1.807) is 56.5 Å². The third kappa shape index (κ3) is 9.14. The number of amides is 2. The zero-order valence-electron chi connectivity index (χ0n) is 27.4. The zero-order chi connectivity index (χ0) is 34.1. The van der Waals surface area contributed by atoms with Crippen molar-refractivity contribution in [2.45, 2.75) is 64.1 Å². The Morgan fingerprint density at radius 3 is 2.21 bits per heavy atom. The summed E-state index contributed by atoms with van der Waals surface area (Å²) in [4.78, 5) is 30.2. The van der Waals surface area contributed by atoms with Gasteiger partial charge in [-0.3, -0.25) is 13.9 Å². The molecule has 4 aromatic carbocycles. The fourth-order valence-corrected chi connectivity index (χ4v) is 6.92. The number of hydrogen-bond acceptors (Lipinski definition) is 5. The molecule has 248 valence electrons. The Kier molecular flexibility index (Phi) is 12.1. The monoisotopic (exact) mass is 675 g/mol. The van der Waals surface area contributed by atoms with Crippen LogP contribution in [0.25, 0.3) is 0 Å². The Bertz CT molecular complexity index is 1780. The highest BCUT2D eigenvalue weighted by Gasteiger charge is 2.35. The van der Waals surface area contributed by atoms with Crippen molar-refractivity contribution in [3.05, 3.63) is 124 Å². The van der Waals surface area contributed by atoms with E-state index in [-0.39, 0.29) is 29.8 Å². The summed E-state index contributed by atoms with van der Waals surface area (Å²) < 4.78 is 35.1. The van der Waals surface area contributed by atoms with Gasteiger partial charge in [-0.05, 0) is 86.3 Å². The number of nitrogens with one attached hydrogen (secondary N) is 1. The number of aryl methyl sites for hydroxylation is 2. The van der Waals surface area contributed by atoms with Gasteiger partial charge in [-0.15, -0.1) is 0 Å². The average Bonchev–Trinajstić information content (AvgIpc) is 3.06. The number of rotatable bonds is 14. The predicted octanol–water partition coefficient (Wildman–Crippen LogP) is 6.72. The highest BCUT2D eigenvalue weighted by atomic mass is 35.5. The summed E-state index contributed by atoms with van der Waals surface area (Å²) in [5, 5.41) is 3.49. The van der Waals surface area contributed by atoms with Gasteiger partial charge >= 0.3 is 0 Å². The molecular weight excluding hydrogens is 634 g/mol. The van der Waals surface area contributed by atoms with Crippen LogP contribution in [0, 0.1) is 13.8 Å². The number of methoxy groups -OCH3 is 1. The minimum absolute atomic E-state index is 0.0411. The van der Waals surface area contributed by atoms with Crippen molar-refractivity contribution in [2.75, 3.05) is 18.0 Å². The van der Waals surface area contributed by atoms with Crippen LogP contribution >= 0.6 is 11.6 Å². The first-order valence-corrected chi connectivity index (χ1v) is 17.4. The lowest BCUT2D eigenvalue weighted by Crippen LogP contribution is -2.54. The molecule has 2 amide bonds. The van der Waals surface area contributed by atoms with Crippen LogP contribution in [0.15, 0.2) is 102 Å². The normalized spacial score (nSPS) is 12.6. The third-order valence-electron chi connectivity index (χ3n) is 8.07. The molecule has 0 aliphatic carbocycles. The van der Waals surface area contributed by atoms with Crippen molar-refractivity contribution in [1.29, 1.82) is 0 Å². The third-order valence-corrected chi connectivity index (χ3v) is 10.1. The summed E-state index contributed by atoms with van der Waals surface area (Å²) >= 11 is 6.25. The number of hydrogen-bond donors (Lipinski definition) is 1. The summed E-state index contributed by atoms with van der Waals surface area (Å²) in [6, 6.07) is 27.0. The lowest BCUT2D eigenvalue weighted by atomic mass is 10.0. The second-order valence-corrected chi connectivity index (χ2v) is 14.0. The Balaban J connectivity index is 1.84. The number of ether oxygens (including phenoxy) is 1. The first-order valence-electron chi connectivity index (χ1n) is 15.5. The van der Waals surface area contributed by atoms with Gasteiger partial charge in [0.25, 0.3) is 10.0 Å². The van der Waals surface area contributed by atoms with Gasteiger partial charge < -0.3 is 15.0 Å². The summed E-state index contributed by atoms with van der Waals surface area (Å²) in [6.07, 6.45) is 0.926. The number of anilines is 1. The Morgan fingerprint density at radius 1 is 0.894 bits per heavy atom. The van der Waals surface area contributed by atoms with Gasteiger partial charge in [0.15, 0.2) is 0 Å².